The zero-order valence-electron chi connectivity index (χ0n) is 16.9. The summed E-state index contributed by atoms with van der Waals surface area (Å²) in [4.78, 5) is 0. The molecule has 4 aromatic rings. The molecule has 3 fully saturated rings. The van der Waals surface area contributed by atoms with Crippen LogP contribution in [-0.4, -0.2) is 4.57 Å². The molecule has 4 aliphatic rings. The van der Waals surface area contributed by atoms with Gasteiger partial charge in [0.05, 0.1) is 11.0 Å². The first kappa shape index (κ1) is 16.6. The van der Waals surface area contributed by atoms with Gasteiger partial charge in [0.2, 0.25) is 0 Å². The highest BCUT2D eigenvalue weighted by Crippen LogP contribution is 2.75. The van der Waals surface area contributed by atoms with Crippen LogP contribution in [0, 0.1) is 17.3 Å². The molecular weight excluding hydrogens is 430 g/mol. The summed E-state index contributed by atoms with van der Waals surface area (Å²) in [5.74, 6) is 3.69. The van der Waals surface area contributed by atoms with Crippen molar-refractivity contribution in [3.63, 3.8) is 0 Å². The molecule has 3 aromatic carbocycles. The predicted molar refractivity (Wildman–Crippen MR) is 126 cm³/mol. The van der Waals surface area contributed by atoms with Gasteiger partial charge in [-0.3, -0.25) is 0 Å². The van der Waals surface area contributed by atoms with E-state index in [4.69, 9.17) is 0 Å². The monoisotopic (exact) mass is 453 g/mol. The molecule has 0 N–H and O–H groups in total. The first-order valence-corrected chi connectivity index (χ1v) is 12.3. The van der Waals surface area contributed by atoms with E-state index in [-0.39, 0.29) is 0 Å². The third-order valence-corrected chi connectivity index (χ3v) is 9.92. The Morgan fingerprint density at radius 1 is 0.733 bits per heavy atom. The normalized spacial score (nSPS) is 33.0. The Balaban J connectivity index is 1.38. The molecule has 30 heavy (non-hydrogen) atoms. The van der Waals surface area contributed by atoms with Gasteiger partial charge in [0.25, 0.3) is 0 Å². The van der Waals surface area contributed by atoms with E-state index >= 15 is 0 Å². The summed E-state index contributed by atoms with van der Waals surface area (Å²) in [6, 6.07) is 23.1. The fourth-order valence-corrected chi connectivity index (χ4v) is 8.65. The van der Waals surface area contributed by atoms with Crippen LogP contribution in [0.2, 0.25) is 0 Å². The van der Waals surface area contributed by atoms with Crippen molar-refractivity contribution in [2.45, 2.75) is 43.9 Å². The fourth-order valence-electron chi connectivity index (χ4n) is 8.29. The molecule has 148 valence electrons. The van der Waals surface area contributed by atoms with Gasteiger partial charge in [0.15, 0.2) is 0 Å². The number of hydrogen-bond acceptors (Lipinski definition) is 0. The van der Waals surface area contributed by atoms with Crippen LogP contribution in [0.3, 0.4) is 0 Å². The summed E-state index contributed by atoms with van der Waals surface area (Å²) < 4.78 is 3.64. The molecule has 5 atom stereocenters. The second-order valence-electron chi connectivity index (χ2n) is 10.5. The van der Waals surface area contributed by atoms with Gasteiger partial charge >= 0.3 is 0 Å². The maximum absolute atomic E-state index is 3.68. The van der Waals surface area contributed by atoms with Gasteiger partial charge in [-0.1, -0.05) is 40.2 Å². The number of fused-ring (bicyclic) bond motifs is 8. The van der Waals surface area contributed by atoms with Crippen LogP contribution in [0.25, 0.3) is 27.5 Å². The smallest absolute Gasteiger partial charge is 0.0541 e. The van der Waals surface area contributed by atoms with E-state index in [1.165, 1.54) is 59.6 Å². The Morgan fingerprint density at radius 3 is 2.37 bits per heavy atom. The number of halogens is 1. The zero-order chi connectivity index (χ0) is 19.6. The number of hydrogen-bond donors (Lipinski definition) is 0. The van der Waals surface area contributed by atoms with Crippen LogP contribution in [0.4, 0.5) is 0 Å². The van der Waals surface area contributed by atoms with Gasteiger partial charge in [-0.25, -0.2) is 0 Å². The Kier molecular flexibility index (Phi) is 2.99. The fraction of sp³-hybridized carbons (Fsp3) is 0.357. The maximum Gasteiger partial charge on any atom is 0.0541 e. The van der Waals surface area contributed by atoms with Crippen molar-refractivity contribution in [1.29, 1.82) is 0 Å². The maximum atomic E-state index is 3.68. The molecule has 0 amide bonds. The summed E-state index contributed by atoms with van der Waals surface area (Å²) in [5, 5.41) is 2.66. The molecule has 0 saturated heterocycles. The van der Waals surface area contributed by atoms with Crippen molar-refractivity contribution in [2.24, 2.45) is 17.3 Å². The molecular formula is C28H24BrN. The minimum absolute atomic E-state index is 0.730. The largest absolute Gasteiger partial charge is 0.309 e. The van der Waals surface area contributed by atoms with Crippen molar-refractivity contribution >= 4 is 37.7 Å². The van der Waals surface area contributed by atoms with Gasteiger partial charge in [-0.15, -0.1) is 0 Å². The van der Waals surface area contributed by atoms with Crippen LogP contribution in [-0.2, 0) is 0 Å². The Morgan fingerprint density at radius 2 is 1.50 bits per heavy atom. The minimum atomic E-state index is 0.730. The highest BCUT2D eigenvalue weighted by molar-refractivity contribution is 9.10. The zero-order valence-corrected chi connectivity index (χ0v) is 18.5. The standard InChI is InChI=1S/C28H24BrN/c29-20-5-8-27-25(12-20)23-3-1-2-4-26(23)30(27)21-6-7-22-16-9-18-11-19-10-17(24(22)13-21)15-28(18,19)14-16/h1-8,12-13,16-19H,9-11,14-15H2. The molecule has 2 heteroatoms. The summed E-state index contributed by atoms with van der Waals surface area (Å²) >= 11 is 3.68. The van der Waals surface area contributed by atoms with Gasteiger partial charge in [0, 0.05) is 20.9 Å². The lowest BCUT2D eigenvalue weighted by atomic mass is 9.56. The molecule has 1 spiro atoms. The van der Waals surface area contributed by atoms with Gasteiger partial charge < -0.3 is 4.57 Å². The van der Waals surface area contributed by atoms with E-state index in [0.29, 0.717) is 0 Å². The molecule has 0 aliphatic heterocycles. The molecule has 1 aromatic heterocycles. The van der Waals surface area contributed by atoms with Crippen molar-refractivity contribution in [2.75, 3.05) is 0 Å². The molecule has 1 heterocycles. The summed E-state index contributed by atoms with van der Waals surface area (Å²) in [5.41, 5.74) is 8.06. The summed E-state index contributed by atoms with van der Waals surface area (Å²) in [7, 11) is 0. The molecule has 3 bridgehead atoms. The number of nitrogens with zero attached hydrogens (tertiary/aromatic N) is 1. The first-order valence-electron chi connectivity index (χ1n) is 11.5. The minimum Gasteiger partial charge on any atom is -0.309 e. The summed E-state index contributed by atoms with van der Waals surface area (Å²) in [6.07, 6.45) is 7.37. The number of para-hydroxylation sites is 1. The average Bonchev–Trinajstić information content (AvgIpc) is 3.32. The van der Waals surface area contributed by atoms with Crippen LogP contribution < -0.4 is 0 Å². The molecule has 3 saturated carbocycles. The van der Waals surface area contributed by atoms with E-state index in [2.05, 4.69) is 81.2 Å². The molecule has 1 nitrogen and oxygen atoms in total. The number of rotatable bonds is 1. The molecule has 5 unspecified atom stereocenters. The molecule has 0 radical (unpaired) electrons. The third-order valence-electron chi connectivity index (χ3n) is 9.43. The van der Waals surface area contributed by atoms with E-state index in [1.54, 1.807) is 11.1 Å². The lowest BCUT2D eigenvalue weighted by Gasteiger charge is -2.48. The lowest BCUT2D eigenvalue weighted by molar-refractivity contribution is 0.00322. The summed E-state index contributed by atoms with van der Waals surface area (Å²) in [6.45, 7) is 0. The van der Waals surface area contributed by atoms with Crippen LogP contribution in [0.5, 0.6) is 0 Å². The molecule has 4 aliphatic carbocycles. The Hall–Kier alpha value is -2.06. The highest BCUT2D eigenvalue weighted by Gasteiger charge is 2.65. The van der Waals surface area contributed by atoms with Crippen molar-refractivity contribution in [1.82, 2.24) is 4.57 Å². The Labute approximate surface area is 185 Å². The van der Waals surface area contributed by atoms with Gasteiger partial charge in [0.1, 0.15) is 0 Å². The van der Waals surface area contributed by atoms with Crippen LogP contribution >= 0.6 is 15.9 Å². The second-order valence-corrected chi connectivity index (χ2v) is 11.4. The second kappa shape index (κ2) is 5.40. The Bertz CT molecular complexity index is 1380. The van der Waals surface area contributed by atoms with E-state index in [0.717, 1.165) is 33.6 Å². The topological polar surface area (TPSA) is 4.93 Å². The van der Waals surface area contributed by atoms with Crippen LogP contribution in [0.15, 0.2) is 65.1 Å². The number of aromatic nitrogens is 1. The van der Waals surface area contributed by atoms with Gasteiger partial charge in [-0.2, -0.15) is 0 Å². The van der Waals surface area contributed by atoms with E-state index < -0.39 is 0 Å². The average molecular weight is 454 g/mol. The van der Waals surface area contributed by atoms with Crippen molar-refractivity contribution in [3.8, 4) is 5.69 Å². The lowest BCUT2D eigenvalue weighted by Crippen LogP contribution is -2.41. The quantitative estimate of drug-likeness (QED) is 0.275. The molecule has 8 rings (SSSR count). The number of benzene rings is 3. The SMILES string of the molecule is Brc1ccc2c(c1)c1ccccc1n2-c1ccc2c(c1)C1CC3CC4CC2CC43C1. The predicted octanol–water partition coefficient (Wildman–Crippen LogP) is 7.94. The van der Waals surface area contributed by atoms with E-state index in [1.807, 2.05) is 0 Å². The van der Waals surface area contributed by atoms with Crippen molar-refractivity contribution < 1.29 is 0 Å². The highest BCUT2D eigenvalue weighted by atomic mass is 79.9. The van der Waals surface area contributed by atoms with Crippen LogP contribution in [0.1, 0.15) is 55.1 Å². The first-order chi connectivity index (χ1) is 14.7. The van der Waals surface area contributed by atoms with Gasteiger partial charge in [-0.05, 0) is 109 Å². The van der Waals surface area contributed by atoms with Crippen molar-refractivity contribution in [3.05, 3.63) is 76.3 Å². The van der Waals surface area contributed by atoms with E-state index in [9.17, 15) is 0 Å². The third kappa shape index (κ3) is 1.87.